The van der Waals surface area contributed by atoms with E-state index in [1.165, 1.54) is 11.6 Å². The van der Waals surface area contributed by atoms with Gasteiger partial charge in [0.15, 0.2) is 0 Å². The van der Waals surface area contributed by atoms with Crippen molar-refractivity contribution in [2.75, 3.05) is 11.3 Å². The molecule has 7 heteroatoms. The molecular formula is C21H22N2O3S2. The molecule has 0 unspecified atom stereocenters. The van der Waals surface area contributed by atoms with E-state index in [-0.39, 0.29) is 15.7 Å². The number of rotatable bonds is 8. The number of nitrogens with one attached hydrogen (secondary N) is 2. The number of hydrogen-bond donors (Lipinski definition) is 2. The Morgan fingerprint density at radius 3 is 2.43 bits per heavy atom. The van der Waals surface area contributed by atoms with Gasteiger partial charge in [-0.2, -0.15) is 0 Å². The predicted molar refractivity (Wildman–Crippen MR) is 113 cm³/mol. The molecule has 5 nitrogen and oxygen atoms in total. The van der Waals surface area contributed by atoms with Gasteiger partial charge in [-0.15, -0.1) is 11.3 Å². The van der Waals surface area contributed by atoms with E-state index in [0.29, 0.717) is 12.2 Å². The summed E-state index contributed by atoms with van der Waals surface area (Å²) in [6.45, 7) is 2.41. The molecule has 0 radical (unpaired) electrons. The van der Waals surface area contributed by atoms with Crippen molar-refractivity contribution in [1.29, 1.82) is 0 Å². The molecule has 0 aliphatic rings. The second-order valence-electron chi connectivity index (χ2n) is 6.43. The fraction of sp³-hybridized carbons (Fsp3) is 0.190. The van der Waals surface area contributed by atoms with E-state index in [4.69, 9.17) is 0 Å². The zero-order valence-corrected chi connectivity index (χ0v) is 17.1. The van der Waals surface area contributed by atoms with Gasteiger partial charge in [0.1, 0.15) is 9.77 Å². The lowest BCUT2D eigenvalue weighted by Gasteiger charge is -2.10. The molecule has 0 saturated heterocycles. The van der Waals surface area contributed by atoms with Crippen LogP contribution in [0.3, 0.4) is 0 Å². The van der Waals surface area contributed by atoms with E-state index < -0.39 is 10.0 Å². The predicted octanol–water partition coefficient (Wildman–Crippen LogP) is 4.22. The zero-order chi connectivity index (χ0) is 20.0. The van der Waals surface area contributed by atoms with Crippen LogP contribution >= 0.6 is 11.3 Å². The minimum absolute atomic E-state index is 0.00126. The monoisotopic (exact) mass is 414 g/mol. The molecule has 0 fully saturated rings. The number of sulfonamides is 1. The van der Waals surface area contributed by atoms with Crippen LogP contribution in [0.15, 0.2) is 70.9 Å². The summed E-state index contributed by atoms with van der Waals surface area (Å²) >= 11 is 1.12. The average molecular weight is 415 g/mol. The van der Waals surface area contributed by atoms with Crippen LogP contribution in [0.25, 0.3) is 0 Å². The van der Waals surface area contributed by atoms with Gasteiger partial charge >= 0.3 is 0 Å². The number of thiophene rings is 1. The van der Waals surface area contributed by atoms with Gasteiger partial charge in [-0.05, 0) is 48.9 Å². The van der Waals surface area contributed by atoms with Gasteiger partial charge in [0, 0.05) is 12.2 Å². The summed E-state index contributed by atoms with van der Waals surface area (Å²) in [5, 5.41) is 4.43. The molecule has 2 aromatic carbocycles. The third-order valence-corrected chi connectivity index (χ3v) is 6.67. The van der Waals surface area contributed by atoms with Crippen LogP contribution in [0.1, 0.15) is 27.2 Å². The molecular weight excluding hydrogens is 392 g/mol. The number of benzene rings is 2. The first kappa shape index (κ1) is 20.1. The fourth-order valence-electron chi connectivity index (χ4n) is 2.73. The van der Waals surface area contributed by atoms with Gasteiger partial charge in [0.2, 0.25) is 0 Å². The Morgan fingerprint density at radius 1 is 1.00 bits per heavy atom. The topological polar surface area (TPSA) is 75.3 Å². The second kappa shape index (κ2) is 9.03. The Morgan fingerprint density at radius 2 is 1.71 bits per heavy atom. The SMILES string of the molecule is Cc1ccc(NS(=O)(=O)c2ccsc2C(=O)NCCCc2ccccc2)cc1. The van der Waals surface area contributed by atoms with E-state index in [1.54, 1.807) is 17.5 Å². The third-order valence-electron chi connectivity index (χ3n) is 4.20. The molecule has 1 aromatic heterocycles. The highest BCUT2D eigenvalue weighted by Crippen LogP contribution is 2.24. The Balaban J connectivity index is 1.61. The number of carbonyl (C=O) groups excluding carboxylic acids is 1. The summed E-state index contributed by atoms with van der Waals surface area (Å²) in [5.41, 5.74) is 2.71. The van der Waals surface area contributed by atoms with Crippen LogP contribution in [-0.2, 0) is 16.4 Å². The van der Waals surface area contributed by atoms with Gasteiger partial charge in [0.25, 0.3) is 15.9 Å². The van der Waals surface area contributed by atoms with E-state index in [0.717, 1.165) is 29.7 Å². The smallest absolute Gasteiger partial charge is 0.263 e. The minimum Gasteiger partial charge on any atom is -0.351 e. The van der Waals surface area contributed by atoms with Crippen molar-refractivity contribution in [3.63, 3.8) is 0 Å². The molecule has 146 valence electrons. The Kier molecular flexibility index (Phi) is 6.49. The van der Waals surface area contributed by atoms with Crippen LogP contribution in [0.5, 0.6) is 0 Å². The maximum Gasteiger partial charge on any atom is 0.263 e. The van der Waals surface area contributed by atoms with Gasteiger partial charge in [-0.3, -0.25) is 9.52 Å². The summed E-state index contributed by atoms with van der Waals surface area (Å²) < 4.78 is 27.9. The van der Waals surface area contributed by atoms with Crippen molar-refractivity contribution in [3.8, 4) is 0 Å². The molecule has 2 N–H and O–H groups in total. The van der Waals surface area contributed by atoms with E-state index in [2.05, 4.69) is 10.0 Å². The highest BCUT2D eigenvalue weighted by molar-refractivity contribution is 7.93. The molecule has 28 heavy (non-hydrogen) atoms. The first-order chi connectivity index (χ1) is 13.5. The zero-order valence-electron chi connectivity index (χ0n) is 15.5. The minimum atomic E-state index is -3.83. The number of anilines is 1. The molecule has 0 aliphatic heterocycles. The molecule has 3 aromatic rings. The van der Waals surface area contributed by atoms with Crippen LogP contribution in [0, 0.1) is 6.92 Å². The van der Waals surface area contributed by atoms with Gasteiger partial charge in [0.05, 0.1) is 0 Å². The largest absolute Gasteiger partial charge is 0.351 e. The molecule has 1 heterocycles. The molecule has 0 saturated carbocycles. The van der Waals surface area contributed by atoms with E-state index >= 15 is 0 Å². The van der Waals surface area contributed by atoms with Gasteiger partial charge < -0.3 is 5.32 Å². The number of carbonyl (C=O) groups is 1. The van der Waals surface area contributed by atoms with E-state index in [9.17, 15) is 13.2 Å². The van der Waals surface area contributed by atoms with Crippen molar-refractivity contribution in [1.82, 2.24) is 5.32 Å². The first-order valence-electron chi connectivity index (χ1n) is 8.95. The molecule has 1 amide bonds. The molecule has 3 rings (SSSR count). The Labute approximate surface area is 169 Å². The quantitative estimate of drug-likeness (QED) is 0.542. The Bertz CT molecular complexity index is 1030. The Hall–Kier alpha value is -2.64. The fourth-order valence-corrected chi connectivity index (χ4v) is 5.13. The van der Waals surface area contributed by atoms with Crippen molar-refractivity contribution >= 4 is 33.0 Å². The summed E-state index contributed by atoms with van der Waals surface area (Å²) in [6, 6.07) is 18.5. The summed E-state index contributed by atoms with van der Waals surface area (Å²) in [7, 11) is -3.83. The van der Waals surface area contributed by atoms with Crippen LogP contribution in [0.2, 0.25) is 0 Å². The molecule has 0 atom stereocenters. The maximum absolute atomic E-state index is 12.7. The standard InChI is InChI=1S/C21H22N2O3S2/c1-16-9-11-18(12-10-16)23-28(25,26)19-13-15-27-20(19)21(24)22-14-5-8-17-6-3-2-4-7-17/h2-4,6-7,9-13,15,23H,5,8,14H2,1H3,(H,22,24). The summed E-state index contributed by atoms with van der Waals surface area (Å²) in [5.74, 6) is -0.368. The van der Waals surface area contributed by atoms with Crippen molar-refractivity contribution < 1.29 is 13.2 Å². The molecule has 0 spiro atoms. The maximum atomic E-state index is 12.7. The number of amides is 1. The van der Waals surface area contributed by atoms with Crippen LogP contribution < -0.4 is 10.0 Å². The van der Waals surface area contributed by atoms with Gasteiger partial charge in [-0.1, -0.05) is 48.0 Å². The van der Waals surface area contributed by atoms with Gasteiger partial charge in [-0.25, -0.2) is 8.42 Å². The second-order valence-corrected chi connectivity index (χ2v) is 9.00. The summed E-state index contributed by atoms with van der Waals surface area (Å²) in [6.07, 6.45) is 1.64. The highest BCUT2D eigenvalue weighted by atomic mass is 32.2. The normalized spacial score (nSPS) is 11.2. The third kappa shape index (κ3) is 5.21. The van der Waals surface area contributed by atoms with Crippen molar-refractivity contribution in [3.05, 3.63) is 82.0 Å². The van der Waals surface area contributed by atoms with Crippen molar-refractivity contribution in [2.45, 2.75) is 24.7 Å². The lowest BCUT2D eigenvalue weighted by atomic mass is 10.1. The summed E-state index contributed by atoms with van der Waals surface area (Å²) in [4.78, 5) is 12.7. The van der Waals surface area contributed by atoms with E-state index in [1.807, 2.05) is 49.4 Å². The highest BCUT2D eigenvalue weighted by Gasteiger charge is 2.24. The van der Waals surface area contributed by atoms with Crippen molar-refractivity contribution in [2.24, 2.45) is 0 Å². The molecule has 0 aliphatic carbocycles. The lowest BCUT2D eigenvalue weighted by Crippen LogP contribution is -2.26. The average Bonchev–Trinajstić information content (AvgIpc) is 3.19. The van der Waals surface area contributed by atoms with Crippen LogP contribution in [-0.4, -0.2) is 20.9 Å². The lowest BCUT2D eigenvalue weighted by molar-refractivity contribution is 0.0954. The number of aryl methyl sites for hydroxylation is 2. The molecule has 0 bridgehead atoms. The van der Waals surface area contributed by atoms with Crippen LogP contribution in [0.4, 0.5) is 5.69 Å². The number of hydrogen-bond acceptors (Lipinski definition) is 4. The first-order valence-corrected chi connectivity index (χ1v) is 11.3.